The highest BCUT2D eigenvalue weighted by Crippen LogP contribution is 2.42. The van der Waals surface area contributed by atoms with Crippen LogP contribution in [0.3, 0.4) is 0 Å². The normalized spacial score (nSPS) is 19.4. The van der Waals surface area contributed by atoms with E-state index in [0.29, 0.717) is 0 Å². The molecule has 0 heterocycles. The van der Waals surface area contributed by atoms with E-state index in [0.717, 1.165) is 6.42 Å². The molecule has 2 N–H and O–H groups in total. The van der Waals surface area contributed by atoms with E-state index in [1.165, 1.54) is 36.8 Å². The Morgan fingerprint density at radius 2 is 1.63 bits per heavy atom. The van der Waals surface area contributed by atoms with E-state index in [1.54, 1.807) is 0 Å². The Kier molecular flexibility index (Phi) is 10.3. The third-order valence-electron chi connectivity index (χ3n) is 6.08. The molecule has 0 aromatic carbocycles. The Balaban J connectivity index is 0.00000676. The molecule has 1 unspecified atom stereocenters. The summed E-state index contributed by atoms with van der Waals surface area (Å²) in [5.41, 5.74) is 3.53. The number of allylic oxidation sites excluding steroid dienone is 10. The minimum Gasteiger partial charge on any atom is -0.412 e. The highest BCUT2D eigenvalue weighted by atomic mass is 16.0. The quantitative estimate of drug-likeness (QED) is 0.426. The fourth-order valence-corrected chi connectivity index (χ4v) is 3.16. The van der Waals surface area contributed by atoms with Gasteiger partial charge in [-0.3, -0.25) is 0 Å². The van der Waals surface area contributed by atoms with Gasteiger partial charge in [-0.05, 0) is 53.9 Å². The van der Waals surface area contributed by atoms with Gasteiger partial charge in [-0.1, -0.05) is 110 Å². The molecule has 154 valence electrons. The molecule has 1 aliphatic carbocycles. The van der Waals surface area contributed by atoms with Crippen molar-refractivity contribution >= 4 is 0 Å². The van der Waals surface area contributed by atoms with Crippen LogP contribution in [-0.2, 0) is 0 Å². The summed E-state index contributed by atoms with van der Waals surface area (Å²) in [6.45, 7) is 18.5. The van der Waals surface area contributed by atoms with Crippen LogP contribution in [0.2, 0.25) is 0 Å². The van der Waals surface area contributed by atoms with Crippen LogP contribution < -0.4 is 0 Å². The van der Waals surface area contributed by atoms with Gasteiger partial charge in [-0.25, -0.2) is 0 Å². The van der Waals surface area contributed by atoms with Crippen molar-refractivity contribution in [3.8, 4) is 0 Å². The fraction of sp³-hybridized carbons (Fsp3) is 0.615. The third kappa shape index (κ3) is 8.47. The molecule has 0 saturated carbocycles. The number of hydrogen-bond donors (Lipinski definition) is 0. The Bertz CT molecular complexity index is 585. The molecule has 0 aromatic rings. The van der Waals surface area contributed by atoms with Gasteiger partial charge in [0.2, 0.25) is 0 Å². The van der Waals surface area contributed by atoms with Crippen LogP contribution in [0.25, 0.3) is 0 Å². The molecule has 0 aliphatic heterocycles. The maximum atomic E-state index is 2.40. The van der Waals surface area contributed by atoms with Crippen LogP contribution in [0.5, 0.6) is 0 Å². The first-order valence-electron chi connectivity index (χ1n) is 10.4. The highest BCUT2D eigenvalue weighted by Gasteiger charge is 2.32. The van der Waals surface area contributed by atoms with Crippen LogP contribution >= 0.6 is 0 Å². The van der Waals surface area contributed by atoms with Gasteiger partial charge in [0.25, 0.3) is 0 Å². The topological polar surface area (TPSA) is 31.5 Å². The second-order valence-electron chi connectivity index (χ2n) is 10.00. The zero-order chi connectivity index (χ0) is 19.8. The van der Waals surface area contributed by atoms with Gasteiger partial charge in [0.1, 0.15) is 0 Å². The van der Waals surface area contributed by atoms with Gasteiger partial charge < -0.3 is 5.48 Å². The summed E-state index contributed by atoms with van der Waals surface area (Å²) in [4.78, 5) is 0. The zero-order valence-corrected chi connectivity index (χ0v) is 19.2. The minimum absolute atomic E-state index is 0. The summed E-state index contributed by atoms with van der Waals surface area (Å²) < 4.78 is 0. The predicted octanol–water partition coefficient (Wildman–Crippen LogP) is 7.77. The van der Waals surface area contributed by atoms with Gasteiger partial charge in [0, 0.05) is 0 Å². The predicted molar refractivity (Wildman–Crippen MR) is 123 cm³/mol. The SMILES string of the molecule is CCC(C)(/C=C/C=C/C=C(/C=C/C1=CCCCC1)C(C)(C)C)C(C)(C)C.O. The Hall–Kier alpha value is -1.34. The smallest absolute Gasteiger partial charge is 0.00975 e. The Labute approximate surface area is 169 Å². The second-order valence-corrected chi connectivity index (χ2v) is 10.00. The van der Waals surface area contributed by atoms with Crippen LogP contribution in [0.1, 0.15) is 87.5 Å². The molecule has 1 rings (SSSR count). The van der Waals surface area contributed by atoms with E-state index in [4.69, 9.17) is 0 Å². The van der Waals surface area contributed by atoms with E-state index < -0.39 is 0 Å². The van der Waals surface area contributed by atoms with Crippen LogP contribution in [-0.4, -0.2) is 5.48 Å². The first-order chi connectivity index (χ1) is 12.0. The van der Waals surface area contributed by atoms with Crippen LogP contribution in [0, 0.1) is 16.2 Å². The van der Waals surface area contributed by atoms with Crippen molar-refractivity contribution in [2.45, 2.75) is 87.5 Å². The second kappa shape index (κ2) is 10.9. The lowest BCUT2D eigenvalue weighted by atomic mass is 9.66. The summed E-state index contributed by atoms with van der Waals surface area (Å²) >= 11 is 0. The molecule has 0 saturated heterocycles. The summed E-state index contributed by atoms with van der Waals surface area (Å²) in [5.74, 6) is 0. The van der Waals surface area contributed by atoms with E-state index in [1.807, 2.05) is 0 Å². The average molecular weight is 373 g/mol. The van der Waals surface area contributed by atoms with Crippen molar-refractivity contribution in [3.05, 3.63) is 59.8 Å². The standard InChI is InChI=1S/C26H42.H2O/c1-9-26(8,25(5,6)7)21-15-11-14-18-23(24(2,3)4)20-19-22-16-12-10-13-17-22;/h11,14-16,18-21H,9-10,12-13,17H2,1-8H3;1H2/b14-11+,20-19+,21-15+,23-18-;. The minimum atomic E-state index is 0. The van der Waals surface area contributed by atoms with Crippen molar-refractivity contribution in [1.29, 1.82) is 0 Å². The number of hydrogen-bond acceptors (Lipinski definition) is 0. The Morgan fingerprint density at radius 3 is 2.11 bits per heavy atom. The van der Waals surface area contributed by atoms with Crippen LogP contribution in [0.15, 0.2) is 59.8 Å². The summed E-state index contributed by atoms with van der Waals surface area (Å²) in [7, 11) is 0. The van der Waals surface area contributed by atoms with Crippen LogP contribution in [0.4, 0.5) is 0 Å². The largest absolute Gasteiger partial charge is 0.412 e. The molecule has 0 radical (unpaired) electrons. The molecule has 1 heteroatoms. The van der Waals surface area contributed by atoms with Gasteiger partial charge >= 0.3 is 0 Å². The summed E-state index contributed by atoms with van der Waals surface area (Å²) in [5, 5.41) is 0. The number of rotatable bonds is 6. The third-order valence-corrected chi connectivity index (χ3v) is 6.08. The van der Waals surface area contributed by atoms with E-state index in [-0.39, 0.29) is 21.7 Å². The molecule has 0 amide bonds. The molecular formula is C26H44O. The molecule has 0 aromatic heterocycles. The lowest BCUT2D eigenvalue weighted by molar-refractivity contribution is 0.162. The van der Waals surface area contributed by atoms with Gasteiger partial charge in [0.15, 0.2) is 0 Å². The molecule has 0 fully saturated rings. The van der Waals surface area contributed by atoms with Crippen molar-refractivity contribution in [3.63, 3.8) is 0 Å². The van der Waals surface area contributed by atoms with Crippen molar-refractivity contribution in [2.75, 3.05) is 0 Å². The first kappa shape index (κ1) is 25.7. The summed E-state index contributed by atoms with van der Waals surface area (Å²) in [6.07, 6.45) is 24.6. The zero-order valence-electron chi connectivity index (χ0n) is 19.2. The fourth-order valence-electron chi connectivity index (χ4n) is 3.16. The molecule has 1 aliphatic rings. The highest BCUT2D eigenvalue weighted by molar-refractivity contribution is 5.34. The molecule has 0 bridgehead atoms. The van der Waals surface area contributed by atoms with Crippen molar-refractivity contribution in [2.24, 2.45) is 16.2 Å². The van der Waals surface area contributed by atoms with E-state index in [2.05, 4.69) is 104 Å². The summed E-state index contributed by atoms with van der Waals surface area (Å²) in [6, 6.07) is 0. The van der Waals surface area contributed by atoms with Crippen molar-refractivity contribution < 1.29 is 5.48 Å². The average Bonchev–Trinajstić information content (AvgIpc) is 2.55. The van der Waals surface area contributed by atoms with Crippen molar-refractivity contribution in [1.82, 2.24) is 0 Å². The molecule has 1 atom stereocenters. The molecule has 27 heavy (non-hydrogen) atoms. The van der Waals surface area contributed by atoms with Gasteiger partial charge in [-0.2, -0.15) is 0 Å². The maximum absolute atomic E-state index is 2.40. The van der Waals surface area contributed by atoms with Gasteiger partial charge in [-0.15, -0.1) is 0 Å². The lowest BCUT2D eigenvalue weighted by Gasteiger charge is -2.39. The first-order valence-corrected chi connectivity index (χ1v) is 10.4. The van der Waals surface area contributed by atoms with E-state index in [9.17, 15) is 0 Å². The molecule has 1 nitrogen and oxygen atoms in total. The monoisotopic (exact) mass is 372 g/mol. The Morgan fingerprint density at radius 1 is 0.963 bits per heavy atom. The van der Waals surface area contributed by atoms with E-state index >= 15 is 0 Å². The van der Waals surface area contributed by atoms with Gasteiger partial charge in [0.05, 0.1) is 0 Å². The lowest BCUT2D eigenvalue weighted by Crippen LogP contribution is -2.29. The molecule has 0 spiro atoms. The molecular weight excluding hydrogens is 328 g/mol. The maximum Gasteiger partial charge on any atom is -0.00975 e.